The number of nitrogens with zero attached hydrogens (tertiary/aromatic N) is 3. The van der Waals surface area contributed by atoms with Crippen molar-refractivity contribution >= 4 is 28.9 Å². The molecule has 0 saturated carbocycles. The molecule has 0 unspecified atom stereocenters. The highest BCUT2D eigenvalue weighted by molar-refractivity contribution is 6.03. The maximum absolute atomic E-state index is 12.9. The van der Waals surface area contributed by atoms with Crippen molar-refractivity contribution in [3.05, 3.63) is 33.9 Å². The molecule has 0 aromatic carbocycles. The van der Waals surface area contributed by atoms with Crippen LogP contribution in [0.5, 0.6) is 5.75 Å². The van der Waals surface area contributed by atoms with Crippen LogP contribution in [0.4, 0.5) is 4.79 Å². The summed E-state index contributed by atoms with van der Waals surface area (Å²) >= 11 is 0. The van der Waals surface area contributed by atoms with Crippen molar-refractivity contribution in [1.29, 1.82) is 0 Å². The molecule has 2 N–H and O–H groups in total. The molecule has 11 nitrogen and oxygen atoms in total. The molecule has 0 aliphatic carbocycles. The number of aryl methyl sites for hydroxylation is 1. The second kappa shape index (κ2) is 10.4. The Bertz CT molecular complexity index is 1260. The first-order chi connectivity index (χ1) is 17.1. The van der Waals surface area contributed by atoms with Crippen molar-refractivity contribution in [1.82, 2.24) is 19.8 Å². The molecule has 3 heterocycles. The van der Waals surface area contributed by atoms with E-state index in [-0.39, 0.29) is 12.0 Å². The predicted octanol–water partition coefficient (Wildman–Crippen LogP) is 2.83. The number of rotatable bonds is 4. The average Bonchev–Trinajstić information content (AvgIpc) is 2.79. The first-order valence-corrected chi connectivity index (χ1v) is 12.3. The van der Waals surface area contributed by atoms with Gasteiger partial charge in [0.2, 0.25) is 0 Å². The number of pyridine rings is 2. The monoisotopic (exact) mass is 516 g/mol. The lowest BCUT2D eigenvalue weighted by Crippen LogP contribution is -2.41. The standard InChI is InChI=1S/C26H36N4O7/c1-25(2,3)36-19(31)14-28-22(33)20-21(32)16-12-17(27-13-18(16)29(7)23(20)34)15-8-10-30(11-9-15)24(35)37-26(4,5)6/h12-13,15,32H,8-11,14H2,1-7H3,(H,28,33). The van der Waals surface area contributed by atoms with Gasteiger partial charge in [-0.05, 0) is 60.5 Å². The zero-order valence-corrected chi connectivity index (χ0v) is 22.5. The number of carbonyl (C=O) groups is 3. The van der Waals surface area contributed by atoms with Gasteiger partial charge in [0.15, 0.2) is 0 Å². The molecule has 0 atom stereocenters. The smallest absolute Gasteiger partial charge is 0.410 e. The van der Waals surface area contributed by atoms with Gasteiger partial charge in [-0.25, -0.2) is 4.79 Å². The topological polar surface area (TPSA) is 140 Å². The number of hydrogen-bond acceptors (Lipinski definition) is 8. The summed E-state index contributed by atoms with van der Waals surface area (Å²) in [4.78, 5) is 56.1. The van der Waals surface area contributed by atoms with Crippen LogP contribution in [0.3, 0.4) is 0 Å². The molecule has 1 aliphatic heterocycles. The summed E-state index contributed by atoms with van der Waals surface area (Å²) in [5.74, 6) is -2.00. The largest absolute Gasteiger partial charge is 0.506 e. The first kappa shape index (κ1) is 27.9. The minimum absolute atomic E-state index is 0.0177. The second-order valence-electron chi connectivity index (χ2n) is 11.2. The molecule has 0 spiro atoms. The van der Waals surface area contributed by atoms with Gasteiger partial charge in [0, 0.05) is 37.1 Å². The summed E-state index contributed by atoms with van der Waals surface area (Å²) in [7, 11) is 1.48. The first-order valence-electron chi connectivity index (χ1n) is 12.3. The van der Waals surface area contributed by atoms with Crippen LogP contribution in [0, 0.1) is 0 Å². The van der Waals surface area contributed by atoms with E-state index in [9.17, 15) is 24.3 Å². The zero-order valence-electron chi connectivity index (χ0n) is 22.5. The number of ether oxygens (including phenoxy) is 2. The number of nitrogens with one attached hydrogen (secondary N) is 1. The number of amides is 2. The van der Waals surface area contributed by atoms with Crippen LogP contribution in [0.15, 0.2) is 17.1 Å². The maximum atomic E-state index is 12.9. The predicted molar refractivity (Wildman–Crippen MR) is 137 cm³/mol. The molecule has 2 aromatic heterocycles. The normalized spacial score (nSPS) is 14.9. The Hall–Kier alpha value is -3.63. The van der Waals surface area contributed by atoms with Crippen molar-refractivity contribution in [3.8, 4) is 5.75 Å². The molecule has 2 aromatic rings. The van der Waals surface area contributed by atoms with Crippen LogP contribution in [0.2, 0.25) is 0 Å². The third-order valence-electron chi connectivity index (χ3n) is 5.88. The van der Waals surface area contributed by atoms with E-state index in [1.165, 1.54) is 17.8 Å². The molecule has 0 bridgehead atoms. The maximum Gasteiger partial charge on any atom is 0.410 e. The lowest BCUT2D eigenvalue weighted by atomic mass is 9.92. The quantitative estimate of drug-likeness (QED) is 0.591. The van der Waals surface area contributed by atoms with E-state index >= 15 is 0 Å². The summed E-state index contributed by atoms with van der Waals surface area (Å²) < 4.78 is 11.9. The molecule has 1 fully saturated rings. The molecule has 0 radical (unpaired) electrons. The summed E-state index contributed by atoms with van der Waals surface area (Å²) in [6.45, 7) is 11.1. The molecular weight excluding hydrogens is 480 g/mol. The summed E-state index contributed by atoms with van der Waals surface area (Å²) in [6.07, 6.45) is 2.43. The average molecular weight is 517 g/mol. The van der Waals surface area contributed by atoms with Gasteiger partial charge >= 0.3 is 12.1 Å². The minimum Gasteiger partial charge on any atom is -0.506 e. The number of aromatic nitrogens is 2. The van der Waals surface area contributed by atoms with Crippen LogP contribution >= 0.6 is 0 Å². The van der Waals surface area contributed by atoms with E-state index < -0.39 is 46.5 Å². The van der Waals surface area contributed by atoms with Gasteiger partial charge in [-0.3, -0.25) is 19.4 Å². The highest BCUT2D eigenvalue weighted by Crippen LogP contribution is 2.32. The SMILES string of the molecule is Cn1c(=O)c(C(=O)NCC(=O)OC(C)(C)C)c(O)c2cc(C3CCN(C(=O)OC(C)(C)C)CC3)ncc21. The number of likely N-dealkylation sites (tertiary alicyclic amines) is 1. The third-order valence-corrected chi connectivity index (χ3v) is 5.88. The van der Waals surface area contributed by atoms with E-state index in [0.29, 0.717) is 42.5 Å². The number of aromatic hydroxyl groups is 1. The lowest BCUT2D eigenvalue weighted by Gasteiger charge is -2.33. The van der Waals surface area contributed by atoms with E-state index in [2.05, 4.69) is 10.3 Å². The highest BCUT2D eigenvalue weighted by Gasteiger charge is 2.29. The summed E-state index contributed by atoms with van der Waals surface area (Å²) in [5.41, 5.74) is -1.43. The van der Waals surface area contributed by atoms with Crippen molar-refractivity contribution in [2.24, 2.45) is 7.05 Å². The van der Waals surface area contributed by atoms with Crippen LogP contribution in [0.25, 0.3) is 10.9 Å². The number of fused-ring (bicyclic) bond motifs is 1. The van der Waals surface area contributed by atoms with Gasteiger partial charge in [-0.2, -0.15) is 0 Å². The Morgan fingerprint density at radius 2 is 1.68 bits per heavy atom. The Morgan fingerprint density at radius 1 is 1.08 bits per heavy atom. The van der Waals surface area contributed by atoms with E-state index in [1.807, 2.05) is 20.8 Å². The Labute approximate surface area is 215 Å². The Kier molecular flexibility index (Phi) is 7.85. The molecule has 37 heavy (non-hydrogen) atoms. The van der Waals surface area contributed by atoms with E-state index in [0.717, 1.165) is 0 Å². The van der Waals surface area contributed by atoms with Gasteiger partial charge in [0.25, 0.3) is 11.5 Å². The van der Waals surface area contributed by atoms with Crippen molar-refractivity contribution in [2.45, 2.75) is 71.5 Å². The van der Waals surface area contributed by atoms with Gasteiger partial charge in [-0.15, -0.1) is 0 Å². The van der Waals surface area contributed by atoms with Crippen LogP contribution in [0.1, 0.15) is 76.4 Å². The number of carbonyl (C=O) groups excluding carboxylic acids is 3. The van der Waals surface area contributed by atoms with Crippen molar-refractivity contribution in [2.75, 3.05) is 19.6 Å². The van der Waals surface area contributed by atoms with Gasteiger partial charge in [0.05, 0.1) is 11.7 Å². The summed E-state index contributed by atoms with van der Waals surface area (Å²) in [6, 6.07) is 1.67. The third kappa shape index (κ3) is 6.78. The van der Waals surface area contributed by atoms with Crippen molar-refractivity contribution in [3.63, 3.8) is 0 Å². The Balaban J connectivity index is 1.81. The number of hydrogen-bond donors (Lipinski definition) is 2. The number of esters is 1. The van der Waals surface area contributed by atoms with E-state index in [1.54, 1.807) is 31.7 Å². The molecule has 1 saturated heterocycles. The lowest BCUT2D eigenvalue weighted by molar-refractivity contribution is -0.153. The summed E-state index contributed by atoms with van der Waals surface area (Å²) in [5, 5.41) is 13.6. The van der Waals surface area contributed by atoms with Crippen LogP contribution < -0.4 is 10.9 Å². The van der Waals surface area contributed by atoms with Crippen LogP contribution in [-0.4, -0.2) is 68.4 Å². The number of piperidine rings is 1. The minimum atomic E-state index is -0.880. The van der Waals surface area contributed by atoms with Crippen molar-refractivity contribution < 1.29 is 29.0 Å². The fraction of sp³-hybridized carbons (Fsp3) is 0.577. The molecule has 11 heteroatoms. The fourth-order valence-corrected chi connectivity index (χ4v) is 4.16. The van der Waals surface area contributed by atoms with Gasteiger partial charge < -0.3 is 29.4 Å². The highest BCUT2D eigenvalue weighted by atomic mass is 16.6. The second-order valence-corrected chi connectivity index (χ2v) is 11.2. The van der Waals surface area contributed by atoms with Crippen LogP contribution in [-0.2, 0) is 21.3 Å². The molecule has 2 amide bonds. The molecule has 3 rings (SSSR count). The molecular formula is C26H36N4O7. The molecule has 1 aliphatic rings. The Morgan fingerprint density at radius 3 is 2.24 bits per heavy atom. The van der Waals surface area contributed by atoms with Gasteiger partial charge in [-0.1, -0.05) is 0 Å². The fourth-order valence-electron chi connectivity index (χ4n) is 4.16. The van der Waals surface area contributed by atoms with E-state index in [4.69, 9.17) is 9.47 Å². The van der Waals surface area contributed by atoms with Gasteiger partial charge in [0.1, 0.15) is 29.1 Å². The molecule has 202 valence electrons. The zero-order chi connectivity index (χ0) is 27.7.